The molecule has 5 heteroatoms. The summed E-state index contributed by atoms with van der Waals surface area (Å²) in [5, 5.41) is 0. The van der Waals surface area contributed by atoms with Crippen molar-refractivity contribution < 1.29 is 4.39 Å². The highest BCUT2D eigenvalue weighted by Gasteiger charge is 2.22. The maximum Gasteiger partial charge on any atom is 0.135 e. The largest absolute Gasteiger partial charge is 0.360 e. The summed E-state index contributed by atoms with van der Waals surface area (Å²) in [6.07, 6.45) is 1.84. The predicted octanol–water partition coefficient (Wildman–Crippen LogP) is 3.31. The lowest BCUT2D eigenvalue weighted by Crippen LogP contribution is -2.09. The third kappa shape index (κ3) is 1.82. The molecule has 1 aliphatic rings. The van der Waals surface area contributed by atoms with Crippen molar-refractivity contribution in [2.24, 2.45) is 4.99 Å². The second kappa shape index (κ2) is 4.66. The maximum atomic E-state index is 13.8. The molecule has 0 amide bonds. The number of nitrogens with zero attached hydrogens (tertiary/aromatic N) is 3. The van der Waals surface area contributed by atoms with Crippen molar-refractivity contribution in [1.82, 2.24) is 14.5 Å². The lowest BCUT2D eigenvalue weighted by molar-refractivity contribution is 0.627. The molecule has 2 aromatic heterocycles. The minimum Gasteiger partial charge on any atom is -0.360 e. The van der Waals surface area contributed by atoms with Crippen LogP contribution in [0.1, 0.15) is 28.5 Å². The van der Waals surface area contributed by atoms with E-state index in [0.29, 0.717) is 6.54 Å². The van der Waals surface area contributed by atoms with E-state index in [2.05, 4.69) is 19.5 Å². The summed E-state index contributed by atoms with van der Waals surface area (Å²) in [7, 11) is 0. The number of aromatic amines is 1. The molecule has 0 unspecified atom stereocenters. The smallest absolute Gasteiger partial charge is 0.135 e. The molecule has 4 rings (SSSR count). The highest BCUT2D eigenvalue weighted by Crippen LogP contribution is 2.27. The first-order valence-corrected chi connectivity index (χ1v) is 7.18. The number of aliphatic imine (C=N–C) groups is 1. The standard InChI is InChI=1S/C17H15FN4/c1-10-11(2)22-15-6-5-12(18)8-13(15)17(14-4-3-7-19-14)20-9-16(22)21-10/h3-8,19H,9H2,1-2H3. The van der Waals surface area contributed by atoms with Gasteiger partial charge in [-0.25, -0.2) is 9.37 Å². The fourth-order valence-electron chi connectivity index (χ4n) is 2.94. The van der Waals surface area contributed by atoms with Crippen LogP contribution in [-0.4, -0.2) is 20.2 Å². The second-order valence-corrected chi connectivity index (χ2v) is 5.44. The van der Waals surface area contributed by atoms with Crippen molar-refractivity contribution in [2.45, 2.75) is 20.4 Å². The van der Waals surface area contributed by atoms with Gasteiger partial charge in [0.25, 0.3) is 0 Å². The van der Waals surface area contributed by atoms with Crippen molar-refractivity contribution in [1.29, 1.82) is 0 Å². The lowest BCUT2D eigenvalue weighted by atomic mass is 10.0. The van der Waals surface area contributed by atoms with Crippen molar-refractivity contribution >= 4 is 5.71 Å². The zero-order valence-electron chi connectivity index (χ0n) is 12.4. The first-order chi connectivity index (χ1) is 10.6. The number of rotatable bonds is 1. The van der Waals surface area contributed by atoms with Crippen LogP contribution in [0, 0.1) is 19.7 Å². The van der Waals surface area contributed by atoms with Crippen LogP contribution in [0.15, 0.2) is 41.5 Å². The number of nitrogens with one attached hydrogen (secondary N) is 1. The van der Waals surface area contributed by atoms with E-state index in [4.69, 9.17) is 0 Å². The Morgan fingerprint density at radius 3 is 2.86 bits per heavy atom. The molecule has 0 atom stereocenters. The highest BCUT2D eigenvalue weighted by molar-refractivity contribution is 6.14. The molecule has 1 aromatic carbocycles. The number of benzene rings is 1. The van der Waals surface area contributed by atoms with Gasteiger partial charge in [-0.2, -0.15) is 0 Å². The molecule has 4 nitrogen and oxygen atoms in total. The van der Waals surface area contributed by atoms with Gasteiger partial charge in [-0.1, -0.05) is 0 Å². The van der Waals surface area contributed by atoms with Crippen LogP contribution in [0.2, 0.25) is 0 Å². The maximum absolute atomic E-state index is 13.8. The summed E-state index contributed by atoms with van der Waals surface area (Å²) >= 11 is 0. The number of H-pyrrole nitrogens is 1. The average molecular weight is 294 g/mol. The van der Waals surface area contributed by atoms with Crippen molar-refractivity contribution in [2.75, 3.05) is 0 Å². The number of halogens is 1. The van der Waals surface area contributed by atoms with Gasteiger partial charge in [0, 0.05) is 17.5 Å². The van der Waals surface area contributed by atoms with Gasteiger partial charge in [0.1, 0.15) is 11.6 Å². The molecule has 0 bridgehead atoms. The van der Waals surface area contributed by atoms with Gasteiger partial charge < -0.3 is 4.98 Å². The third-order valence-electron chi connectivity index (χ3n) is 4.10. The number of hydrogen-bond acceptors (Lipinski definition) is 2. The fourth-order valence-corrected chi connectivity index (χ4v) is 2.94. The molecule has 3 heterocycles. The van der Waals surface area contributed by atoms with Crippen LogP contribution in [0.4, 0.5) is 4.39 Å². The molecule has 0 fully saturated rings. The zero-order chi connectivity index (χ0) is 15.3. The van der Waals surface area contributed by atoms with Crippen LogP contribution in [0.5, 0.6) is 0 Å². The Morgan fingerprint density at radius 1 is 1.23 bits per heavy atom. The van der Waals surface area contributed by atoms with Crippen LogP contribution >= 0.6 is 0 Å². The van der Waals surface area contributed by atoms with Crippen LogP contribution in [0.3, 0.4) is 0 Å². The van der Waals surface area contributed by atoms with Gasteiger partial charge in [-0.3, -0.25) is 9.56 Å². The zero-order valence-corrected chi connectivity index (χ0v) is 12.4. The summed E-state index contributed by atoms with van der Waals surface area (Å²) in [6, 6.07) is 8.68. The SMILES string of the molecule is Cc1nc2n(c1C)-c1ccc(F)cc1C(c1ccc[nH]1)=NC2. The molecular weight excluding hydrogens is 279 g/mol. The number of aryl methyl sites for hydroxylation is 1. The highest BCUT2D eigenvalue weighted by atomic mass is 19.1. The number of imidazole rings is 1. The Balaban J connectivity index is 2.04. The van der Waals surface area contributed by atoms with Crippen LogP contribution in [0.25, 0.3) is 5.69 Å². The second-order valence-electron chi connectivity index (χ2n) is 5.44. The molecule has 0 spiro atoms. The van der Waals surface area contributed by atoms with Gasteiger partial charge in [0.2, 0.25) is 0 Å². The number of fused-ring (bicyclic) bond motifs is 3. The van der Waals surface area contributed by atoms with E-state index in [9.17, 15) is 4.39 Å². The van der Waals surface area contributed by atoms with Gasteiger partial charge in [-0.05, 0) is 44.2 Å². The summed E-state index contributed by atoms with van der Waals surface area (Å²) in [5.74, 6) is 0.611. The quantitative estimate of drug-likeness (QED) is 0.735. The van der Waals surface area contributed by atoms with E-state index >= 15 is 0 Å². The molecule has 0 radical (unpaired) electrons. The van der Waals surface area contributed by atoms with Crippen molar-refractivity contribution in [3.8, 4) is 5.69 Å². The van der Waals surface area contributed by atoms with E-state index in [0.717, 1.165) is 39.9 Å². The van der Waals surface area contributed by atoms with Gasteiger partial charge >= 0.3 is 0 Å². The van der Waals surface area contributed by atoms with Crippen LogP contribution < -0.4 is 0 Å². The average Bonchev–Trinajstić information content (AvgIpc) is 3.07. The van der Waals surface area contributed by atoms with Gasteiger partial charge in [-0.15, -0.1) is 0 Å². The van der Waals surface area contributed by atoms with Crippen LogP contribution in [-0.2, 0) is 6.54 Å². The topological polar surface area (TPSA) is 46.0 Å². The Bertz CT molecular complexity index is 888. The predicted molar refractivity (Wildman–Crippen MR) is 83.1 cm³/mol. The Labute approximate surface area is 127 Å². The molecule has 22 heavy (non-hydrogen) atoms. The molecule has 1 aliphatic heterocycles. The third-order valence-corrected chi connectivity index (χ3v) is 4.10. The van der Waals surface area contributed by atoms with Crippen molar-refractivity contribution in [3.63, 3.8) is 0 Å². The molecule has 3 aromatic rings. The van der Waals surface area contributed by atoms with Gasteiger partial charge in [0.15, 0.2) is 0 Å². The summed E-state index contributed by atoms with van der Waals surface area (Å²) < 4.78 is 15.9. The normalized spacial score (nSPS) is 13.3. The molecule has 0 saturated carbocycles. The van der Waals surface area contributed by atoms with E-state index < -0.39 is 0 Å². The monoisotopic (exact) mass is 294 g/mol. The number of hydrogen-bond donors (Lipinski definition) is 1. The molecular formula is C17H15FN4. The fraction of sp³-hybridized carbons (Fsp3) is 0.176. The molecule has 1 N–H and O–H groups in total. The Morgan fingerprint density at radius 2 is 2.09 bits per heavy atom. The number of aromatic nitrogens is 3. The molecule has 110 valence electrons. The van der Waals surface area contributed by atoms with E-state index in [1.807, 2.05) is 32.2 Å². The lowest BCUT2D eigenvalue weighted by Gasteiger charge is -2.12. The molecule has 0 saturated heterocycles. The minimum absolute atomic E-state index is 0.268. The summed E-state index contributed by atoms with van der Waals surface area (Å²) in [6.45, 7) is 4.48. The van der Waals surface area contributed by atoms with Gasteiger partial charge in [0.05, 0.1) is 29.3 Å². The Hall–Kier alpha value is -2.69. The van der Waals surface area contributed by atoms with E-state index in [-0.39, 0.29) is 5.82 Å². The van der Waals surface area contributed by atoms with Crippen molar-refractivity contribution in [3.05, 3.63) is 70.8 Å². The van der Waals surface area contributed by atoms with E-state index in [1.165, 1.54) is 6.07 Å². The molecule has 0 aliphatic carbocycles. The van der Waals surface area contributed by atoms with E-state index in [1.54, 1.807) is 12.1 Å². The Kier molecular flexibility index (Phi) is 2.76. The first kappa shape index (κ1) is 13.0. The summed E-state index contributed by atoms with van der Waals surface area (Å²) in [5.41, 5.74) is 5.38. The summed E-state index contributed by atoms with van der Waals surface area (Å²) in [4.78, 5) is 12.4. The first-order valence-electron chi connectivity index (χ1n) is 7.18. The minimum atomic E-state index is -0.268.